The molecule has 21 heavy (non-hydrogen) atoms. The van der Waals surface area contributed by atoms with Crippen LogP contribution >= 0.6 is 0 Å². The average Bonchev–Trinajstić information content (AvgIpc) is 3.15. The van der Waals surface area contributed by atoms with E-state index in [2.05, 4.69) is 20.6 Å². The van der Waals surface area contributed by atoms with Gasteiger partial charge < -0.3 is 5.32 Å². The molecule has 0 saturated carbocycles. The fraction of sp³-hybridized carbons (Fsp3) is 0.267. The van der Waals surface area contributed by atoms with Crippen LogP contribution in [0.3, 0.4) is 0 Å². The molecule has 0 aliphatic carbocycles. The van der Waals surface area contributed by atoms with Crippen molar-refractivity contribution in [3.8, 4) is 0 Å². The number of hydrogen-bond acceptors (Lipinski definition) is 3. The molecule has 6 nitrogen and oxygen atoms in total. The summed E-state index contributed by atoms with van der Waals surface area (Å²) in [6.45, 7) is 0.926. The minimum atomic E-state index is -0.0576. The zero-order valence-electron chi connectivity index (χ0n) is 11.4. The molecule has 3 heterocycles. The minimum Gasteiger partial charge on any atom is -0.344 e. The highest BCUT2D eigenvalue weighted by Crippen LogP contribution is 2.24. The molecular formula is C15H15N5O. The van der Waals surface area contributed by atoms with Gasteiger partial charge in [-0.3, -0.25) is 14.6 Å². The normalized spacial score (nSPS) is 17.6. The SMILES string of the molecule is O=C(NC1CCCn2nccc21)c1ccc2[nH]ncc2c1. The molecule has 0 spiro atoms. The van der Waals surface area contributed by atoms with Crippen LogP contribution in [0.4, 0.5) is 0 Å². The molecule has 2 N–H and O–H groups in total. The van der Waals surface area contributed by atoms with Gasteiger partial charge in [0.25, 0.3) is 5.91 Å². The molecule has 6 heteroatoms. The van der Waals surface area contributed by atoms with Crippen LogP contribution in [0.2, 0.25) is 0 Å². The van der Waals surface area contributed by atoms with E-state index in [1.165, 1.54) is 0 Å². The van der Waals surface area contributed by atoms with Crippen LogP contribution in [0.25, 0.3) is 10.9 Å². The Balaban J connectivity index is 1.59. The standard InChI is InChI=1S/C15H15N5O/c21-15(10-3-4-12-11(8-10)9-16-19-12)18-13-2-1-7-20-14(13)5-6-17-20/h3-6,8-9,13H,1-2,7H2,(H,16,19)(H,18,21). The Kier molecular flexibility index (Phi) is 2.73. The predicted octanol–water partition coefficient (Wildman–Crippen LogP) is 2.02. The number of H-pyrrole nitrogens is 1. The largest absolute Gasteiger partial charge is 0.344 e. The highest BCUT2D eigenvalue weighted by atomic mass is 16.1. The molecule has 106 valence electrons. The van der Waals surface area contributed by atoms with Gasteiger partial charge in [0.15, 0.2) is 0 Å². The Morgan fingerprint density at radius 2 is 2.33 bits per heavy atom. The third-order valence-corrected chi connectivity index (χ3v) is 3.98. The minimum absolute atomic E-state index is 0.0359. The van der Waals surface area contributed by atoms with E-state index in [1.807, 2.05) is 28.9 Å². The molecule has 0 bridgehead atoms. The average molecular weight is 281 g/mol. The van der Waals surface area contributed by atoms with Crippen molar-refractivity contribution in [2.24, 2.45) is 0 Å². The van der Waals surface area contributed by atoms with Crippen molar-refractivity contribution in [3.05, 3.63) is 47.9 Å². The third kappa shape index (κ3) is 2.08. The van der Waals surface area contributed by atoms with Gasteiger partial charge in [-0.05, 0) is 37.1 Å². The second-order valence-electron chi connectivity index (χ2n) is 5.32. The van der Waals surface area contributed by atoms with E-state index >= 15 is 0 Å². The first-order valence-electron chi connectivity index (χ1n) is 7.07. The number of hydrogen-bond donors (Lipinski definition) is 2. The van der Waals surface area contributed by atoms with Crippen LogP contribution in [0.15, 0.2) is 36.7 Å². The number of aromatic nitrogens is 4. The fourth-order valence-corrected chi connectivity index (χ4v) is 2.89. The van der Waals surface area contributed by atoms with Gasteiger partial charge in [-0.1, -0.05) is 0 Å². The lowest BCUT2D eigenvalue weighted by Crippen LogP contribution is -2.32. The van der Waals surface area contributed by atoms with Crippen molar-refractivity contribution in [3.63, 3.8) is 0 Å². The van der Waals surface area contributed by atoms with Crippen molar-refractivity contribution in [2.75, 3.05) is 0 Å². The Morgan fingerprint density at radius 1 is 1.38 bits per heavy atom. The van der Waals surface area contributed by atoms with Gasteiger partial charge in [-0.2, -0.15) is 10.2 Å². The number of fused-ring (bicyclic) bond motifs is 2. The molecule has 0 radical (unpaired) electrons. The first kappa shape index (κ1) is 12.1. The lowest BCUT2D eigenvalue weighted by molar-refractivity contribution is 0.0928. The second-order valence-corrected chi connectivity index (χ2v) is 5.32. The highest BCUT2D eigenvalue weighted by Gasteiger charge is 2.22. The van der Waals surface area contributed by atoms with Gasteiger partial charge in [-0.25, -0.2) is 0 Å². The number of amides is 1. The Labute approximate surface area is 121 Å². The van der Waals surface area contributed by atoms with Crippen molar-refractivity contribution < 1.29 is 4.79 Å². The van der Waals surface area contributed by atoms with E-state index in [4.69, 9.17) is 0 Å². The summed E-state index contributed by atoms with van der Waals surface area (Å²) in [7, 11) is 0. The molecule has 1 aliphatic heterocycles. The maximum atomic E-state index is 12.4. The van der Waals surface area contributed by atoms with Crippen LogP contribution in [-0.4, -0.2) is 25.9 Å². The summed E-state index contributed by atoms with van der Waals surface area (Å²) in [5.74, 6) is -0.0576. The Morgan fingerprint density at radius 3 is 3.29 bits per heavy atom. The van der Waals surface area contributed by atoms with Crippen molar-refractivity contribution in [2.45, 2.75) is 25.4 Å². The molecule has 0 saturated heterocycles. The molecule has 1 aromatic carbocycles. The maximum Gasteiger partial charge on any atom is 0.251 e. The number of nitrogens with one attached hydrogen (secondary N) is 2. The smallest absolute Gasteiger partial charge is 0.251 e. The third-order valence-electron chi connectivity index (χ3n) is 3.98. The lowest BCUT2D eigenvalue weighted by atomic mass is 10.0. The van der Waals surface area contributed by atoms with Crippen molar-refractivity contribution >= 4 is 16.8 Å². The number of nitrogens with zero attached hydrogens (tertiary/aromatic N) is 3. The summed E-state index contributed by atoms with van der Waals surface area (Å²) >= 11 is 0. The van der Waals surface area contributed by atoms with Gasteiger partial charge in [0.1, 0.15) is 0 Å². The zero-order valence-corrected chi connectivity index (χ0v) is 11.4. The van der Waals surface area contributed by atoms with Crippen LogP contribution in [0.1, 0.15) is 34.9 Å². The van der Waals surface area contributed by atoms with Gasteiger partial charge in [0, 0.05) is 23.7 Å². The van der Waals surface area contributed by atoms with Gasteiger partial charge in [0.05, 0.1) is 23.4 Å². The van der Waals surface area contributed by atoms with Gasteiger partial charge in [-0.15, -0.1) is 0 Å². The fourth-order valence-electron chi connectivity index (χ4n) is 2.89. The summed E-state index contributed by atoms with van der Waals surface area (Å²) in [4.78, 5) is 12.4. The quantitative estimate of drug-likeness (QED) is 0.754. The van der Waals surface area contributed by atoms with Crippen LogP contribution < -0.4 is 5.32 Å². The molecule has 4 rings (SSSR count). The number of carbonyl (C=O) groups is 1. The topological polar surface area (TPSA) is 75.6 Å². The number of aromatic amines is 1. The van der Waals surface area contributed by atoms with Crippen LogP contribution in [-0.2, 0) is 6.54 Å². The van der Waals surface area contributed by atoms with Crippen LogP contribution in [0.5, 0.6) is 0 Å². The van der Waals surface area contributed by atoms with E-state index in [-0.39, 0.29) is 11.9 Å². The van der Waals surface area contributed by atoms with E-state index < -0.39 is 0 Å². The summed E-state index contributed by atoms with van der Waals surface area (Å²) in [5, 5.41) is 15.2. The summed E-state index contributed by atoms with van der Waals surface area (Å²) in [6, 6.07) is 7.56. The zero-order chi connectivity index (χ0) is 14.2. The summed E-state index contributed by atoms with van der Waals surface area (Å²) < 4.78 is 1.97. The molecule has 1 atom stereocenters. The van der Waals surface area contributed by atoms with E-state index in [9.17, 15) is 4.79 Å². The van der Waals surface area contributed by atoms with Gasteiger partial charge >= 0.3 is 0 Å². The summed E-state index contributed by atoms with van der Waals surface area (Å²) in [6.07, 6.45) is 5.49. The highest BCUT2D eigenvalue weighted by molar-refractivity contribution is 5.98. The predicted molar refractivity (Wildman–Crippen MR) is 77.8 cm³/mol. The first-order chi connectivity index (χ1) is 10.3. The molecule has 1 unspecified atom stereocenters. The number of rotatable bonds is 2. The second kappa shape index (κ2) is 4.73. The monoisotopic (exact) mass is 281 g/mol. The molecular weight excluding hydrogens is 266 g/mol. The molecule has 1 amide bonds. The molecule has 1 aliphatic rings. The number of carbonyl (C=O) groups excluding carboxylic acids is 1. The maximum absolute atomic E-state index is 12.4. The first-order valence-corrected chi connectivity index (χ1v) is 7.07. The number of benzene rings is 1. The molecule has 2 aromatic heterocycles. The Hall–Kier alpha value is -2.63. The van der Waals surface area contributed by atoms with Crippen LogP contribution in [0, 0.1) is 0 Å². The van der Waals surface area contributed by atoms with E-state index in [0.717, 1.165) is 36.0 Å². The Bertz CT molecular complexity index is 803. The van der Waals surface area contributed by atoms with Gasteiger partial charge in [0.2, 0.25) is 0 Å². The van der Waals surface area contributed by atoms with Crippen molar-refractivity contribution in [1.82, 2.24) is 25.3 Å². The molecule has 3 aromatic rings. The van der Waals surface area contributed by atoms with Crippen molar-refractivity contribution in [1.29, 1.82) is 0 Å². The lowest BCUT2D eigenvalue weighted by Gasteiger charge is -2.24. The van der Waals surface area contributed by atoms with E-state index in [0.29, 0.717) is 5.56 Å². The number of aryl methyl sites for hydroxylation is 1. The van der Waals surface area contributed by atoms with E-state index in [1.54, 1.807) is 12.4 Å². The molecule has 0 fully saturated rings. The summed E-state index contributed by atoms with van der Waals surface area (Å²) in [5.41, 5.74) is 2.67.